The van der Waals surface area contributed by atoms with Gasteiger partial charge in [-0.2, -0.15) is 0 Å². The fraction of sp³-hybridized carbons (Fsp3) is 0.185. The van der Waals surface area contributed by atoms with Crippen molar-refractivity contribution >= 4 is 34.1 Å². The second kappa shape index (κ2) is 8.52. The summed E-state index contributed by atoms with van der Waals surface area (Å²) < 4.78 is 0. The van der Waals surface area contributed by atoms with Crippen LogP contribution in [0.3, 0.4) is 0 Å². The van der Waals surface area contributed by atoms with Crippen LogP contribution in [0.4, 0.5) is 5.69 Å². The van der Waals surface area contributed by atoms with Crippen molar-refractivity contribution in [1.29, 1.82) is 0 Å². The molecule has 1 amide bonds. The number of para-hydroxylation sites is 1. The third kappa shape index (κ3) is 4.06. The summed E-state index contributed by atoms with van der Waals surface area (Å²) in [5.74, 6) is -0.119. The van der Waals surface area contributed by atoms with Crippen LogP contribution < -0.4 is 5.32 Å². The molecule has 156 valence electrons. The predicted octanol–water partition coefficient (Wildman–Crippen LogP) is 7.30. The Labute approximate surface area is 188 Å². The second-order valence-electron chi connectivity index (χ2n) is 7.91. The van der Waals surface area contributed by atoms with E-state index in [1.165, 1.54) is 0 Å². The van der Waals surface area contributed by atoms with Gasteiger partial charge in [0.15, 0.2) is 0 Å². The lowest BCUT2D eigenvalue weighted by atomic mass is 9.94. The van der Waals surface area contributed by atoms with E-state index in [-0.39, 0.29) is 5.91 Å². The average molecular weight is 429 g/mol. The van der Waals surface area contributed by atoms with Crippen molar-refractivity contribution in [2.45, 2.75) is 34.1 Å². The van der Waals surface area contributed by atoms with E-state index in [1.54, 1.807) is 0 Å². The van der Waals surface area contributed by atoms with E-state index >= 15 is 0 Å². The molecule has 0 bridgehead atoms. The lowest BCUT2D eigenvalue weighted by molar-refractivity contribution is 0.102. The first-order chi connectivity index (χ1) is 14.9. The van der Waals surface area contributed by atoms with Crippen LogP contribution in [-0.4, -0.2) is 10.9 Å². The van der Waals surface area contributed by atoms with Crippen LogP contribution in [0, 0.1) is 20.8 Å². The fourth-order valence-corrected chi connectivity index (χ4v) is 4.26. The molecule has 0 aliphatic rings. The number of hydrogen-bond acceptors (Lipinski definition) is 2. The molecule has 4 aromatic rings. The Hall–Kier alpha value is -3.17. The lowest BCUT2D eigenvalue weighted by Gasteiger charge is -2.17. The van der Waals surface area contributed by atoms with Crippen LogP contribution in [0.15, 0.2) is 60.7 Å². The number of anilines is 1. The third-order valence-electron chi connectivity index (χ3n) is 5.66. The standard InChI is InChI=1S/C27H25ClN2O/c1-5-19-8-6-7-9-23(19)29-27(31)24-18(4)26(20-10-12-21(28)13-11-20)30-25-17(3)14-16(2)15-22(24)25/h6-15H,5H2,1-4H3,(H,29,31). The Morgan fingerprint density at radius 3 is 2.42 bits per heavy atom. The summed E-state index contributed by atoms with van der Waals surface area (Å²) in [6, 6.07) is 19.7. The SMILES string of the molecule is CCc1ccccc1NC(=O)c1c(C)c(-c2ccc(Cl)cc2)nc2c(C)cc(C)cc12. The molecule has 0 fully saturated rings. The van der Waals surface area contributed by atoms with Crippen molar-refractivity contribution in [3.8, 4) is 11.3 Å². The van der Waals surface area contributed by atoms with E-state index < -0.39 is 0 Å². The van der Waals surface area contributed by atoms with E-state index in [1.807, 2.05) is 69.3 Å². The largest absolute Gasteiger partial charge is 0.322 e. The van der Waals surface area contributed by atoms with Crippen molar-refractivity contribution in [2.24, 2.45) is 0 Å². The Kier molecular flexibility index (Phi) is 5.79. The van der Waals surface area contributed by atoms with Gasteiger partial charge in [0, 0.05) is 21.7 Å². The zero-order valence-electron chi connectivity index (χ0n) is 18.2. The highest BCUT2D eigenvalue weighted by Gasteiger charge is 2.21. The number of carbonyl (C=O) groups excluding carboxylic acids is 1. The van der Waals surface area contributed by atoms with Gasteiger partial charge in [-0.15, -0.1) is 0 Å². The first-order valence-corrected chi connectivity index (χ1v) is 10.8. The van der Waals surface area contributed by atoms with Gasteiger partial charge in [-0.3, -0.25) is 4.79 Å². The van der Waals surface area contributed by atoms with Crippen LogP contribution >= 0.6 is 11.6 Å². The minimum Gasteiger partial charge on any atom is -0.322 e. The van der Waals surface area contributed by atoms with E-state index in [4.69, 9.17) is 16.6 Å². The monoisotopic (exact) mass is 428 g/mol. The van der Waals surface area contributed by atoms with Gasteiger partial charge in [0.25, 0.3) is 5.91 Å². The smallest absolute Gasteiger partial charge is 0.256 e. The molecule has 0 aliphatic heterocycles. The highest BCUT2D eigenvalue weighted by Crippen LogP contribution is 2.33. The molecule has 1 aromatic heterocycles. The Balaban J connectivity index is 1.94. The first-order valence-electron chi connectivity index (χ1n) is 10.5. The minimum atomic E-state index is -0.119. The number of carbonyl (C=O) groups is 1. The van der Waals surface area contributed by atoms with Gasteiger partial charge in [0.1, 0.15) is 0 Å². The number of halogens is 1. The Bertz CT molecular complexity index is 1290. The number of rotatable bonds is 4. The van der Waals surface area contributed by atoms with Crippen molar-refractivity contribution in [1.82, 2.24) is 4.98 Å². The van der Waals surface area contributed by atoms with E-state index in [0.717, 1.165) is 56.5 Å². The van der Waals surface area contributed by atoms with Crippen LogP contribution in [-0.2, 0) is 6.42 Å². The van der Waals surface area contributed by atoms with E-state index in [0.29, 0.717) is 10.6 Å². The van der Waals surface area contributed by atoms with Crippen LogP contribution in [0.1, 0.15) is 39.5 Å². The fourth-order valence-electron chi connectivity index (χ4n) is 4.13. The summed E-state index contributed by atoms with van der Waals surface area (Å²) in [6.07, 6.45) is 0.848. The topological polar surface area (TPSA) is 42.0 Å². The number of benzene rings is 3. The predicted molar refractivity (Wildman–Crippen MR) is 130 cm³/mol. The summed E-state index contributed by atoms with van der Waals surface area (Å²) in [7, 11) is 0. The zero-order chi connectivity index (χ0) is 22.1. The van der Waals surface area contributed by atoms with Crippen LogP contribution in [0.25, 0.3) is 22.2 Å². The molecule has 0 unspecified atom stereocenters. The molecule has 4 heteroatoms. The maximum atomic E-state index is 13.6. The van der Waals surface area contributed by atoms with Gasteiger partial charge in [0.05, 0.1) is 16.8 Å². The van der Waals surface area contributed by atoms with Gasteiger partial charge >= 0.3 is 0 Å². The lowest BCUT2D eigenvalue weighted by Crippen LogP contribution is -2.16. The molecule has 0 saturated carbocycles. The molecule has 1 N–H and O–H groups in total. The molecule has 4 rings (SSSR count). The number of nitrogens with zero attached hydrogens (tertiary/aromatic N) is 1. The molecule has 0 atom stereocenters. The quantitative estimate of drug-likeness (QED) is 0.370. The molecular formula is C27H25ClN2O. The number of amides is 1. The van der Waals surface area contributed by atoms with E-state index in [2.05, 4.69) is 24.4 Å². The Morgan fingerprint density at radius 1 is 1.00 bits per heavy atom. The van der Waals surface area contributed by atoms with E-state index in [9.17, 15) is 4.79 Å². The average Bonchev–Trinajstić information content (AvgIpc) is 2.74. The van der Waals surface area contributed by atoms with Gasteiger partial charge < -0.3 is 5.32 Å². The minimum absolute atomic E-state index is 0.119. The highest BCUT2D eigenvalue weighted by molar-refractivity contribution is 6.30. The van der Waals surface area contributed by atoms with Crippen LogP contribution in [0.2, 0.25) is 5.02 Å². The summed E-state index contributed by atoms with van der Waals surface area (Å²) in [5, 5.41) is 4.69. The number of hydrogen-bond donors (Lipinski definition) is 1. The molecule has 1 heterocycles. The number of pyridine rings is 1. The Morgan fingerprint density at radius 2 is 1.71 bits per heavy atom. The van der Waals surface area contributed by atoms with Crippen molar-refractivity contribution < 1.29 is 4.79 Å². The summed E-state index contributed by atoms with van der Waals surface area (Å²) in [6.45, 7) is 8.14. The first kappa shape index (κ1) is 21.1. The number of nitrogens with one attached hydrogen (secondary N) is 1. The number of fused-ring (bicyclic) bond motifs is 1. The maximum absolute atomic E-state index is 13.6. The zero-order valence-corrected chi connectivity index (χ0v) is 19.0. The number of aryl methyl sites for hydroxylation is 3. The van der Waals surface area contributed by atoms with Gasteiger partial charge in [-0.05, 0) is 68.1 Å². The van der Waals surface area contributed by atoms with Gasteiger partial charge in [-0.25, -0.2) is 4.98 Å². The highest BCUT2D eigenvalue weighted by atomic mass is 35.5. The second-order valence-corrected chi connectivity index (χ2v) is 8.35. The van der Waals surface area contributed by atoms with Crippen molar-refractivity contribution in [2.75, 3.05) is 5.32 Å². The number of aromatic nitrogens is 1. The maximum Gasteiger partial charge on any atom is 0.256 e. The van der Waals surface area contributed by atoms with Crippen molar-refractivity contribution in [3.05, 3.63) is 93.5 Å². The van der Waals surface area contributed by atoms with Crippen molar-refractivity contribution in [3.63, 3.8) is 0 Å². The molecule has 0 spiro atoms. The molecular weight excluding hydrogens is 404 g/mol. The van der Waals surface area contributed by atoms with Gasteiger partial charge in [-0.1, -0.05) is 60.5 Å². The molecule has 0 radical (unpaired) electrons. The molecule has 3 aromatic carbocycles. The molecule has 3 nitrogen and oxygen atoms in total. The molecule has 0 aliphatic carbocycles. The summed E-state index contributed by atoms with van der Waals surface area (Å²) in [4.78, 5) is 18.6. The van der Waals surface area contributed by atoms with Gasteiger partial charge in [0.2, 0.25) is 0 Å². The summed E-state index contributed by atoms with van der Waals surface area (Å²) >= 11 is 6.09. The van der Waals surface area contributed by atoms with Crippen LogP contribution in [0.5, 0.6) is 0 Å². The molecule has 0 saturated heterocycles. The summed E-state index contributed by atoms with van der Waals surface area (Å²) in [5.41, 5.74) is 8.20. The third-order valence-corrected chi connectivity index (χ3v) is 5.91. The molecule has 31 heavy (non-hydrogen) atoms. The normalized spacial score (nSPS) is 11.0.